The van der Waals surface area contributed by atoms with Gasteiger partial charge in [-0.15, -0.1) is 0 Å². The van der Waals surface area contributed by atoms with Crippen molar-refractivity contribution < 1.29 is 4.57 Å². The summed E-state index contributed by atoms with van der Waals surface area (Å²) in [6.07, 6.45) is 17.6. The van der Waals surface area contributed by atoms with E-state index in [2.05, 4.69) is 71.0 Å². The highest BCUT2D eigenvalue weighted by Crippen LogP contribution is 2.51. The van der Waals surface area contributed by atoms with Crippen molar-refractivity contribution in [3.63, 3.8) is 0 Å². The van der Waals surface area contributed by atoms with Crippen LogP contribution in [0.15, 0.2) is 80.8 Å². The zero-order valence-electron chi connectivity index (χ0n) is 21.6. The third kappa shape index (κ3) is 3.63. The molecule has 0 amide bonds. The lowest BCUT2D eigenvalue weighted by Gasteiger charge is -2.32. The molecular weight excluding hydrogens is 489 g/mol. The number of fused-ring (bicyclic) bond motifs is 1. The van der Waals surface area contributed by atoms with Gasteiger partial charge in [0, 0.05) is 29.5 Å². The van der Waals surface area contributed by atoms with Crippen molar-refractivity contribution in [3.8, 4) is 0 Å². The molecule has 186 valence electrons. The molecule has 8 rings (SSSR count). The van der Waals surface area contributed by atoms with Gasteiger partial charge in [0.2, 0.25) is 5.52 Å². The minimum atomic E-state index is 0.731. The summed E-state index contributed by atoms with van der Waals surface area (Å²) >= 11 is 3.96. The normalized spacial score (nSPS) is 24.6. The Kier molecular flexibility index (Phi) is 5.30. The average Bonchev–Trinajstić information content (AvgIpc) is 3.47. The number of aryl methyl sites for hydroxylation is 3. The topological polar surface area (TPSA) is 7.12 Å². The van der Waals surface area contributed by atoms with Gasteiger partial charge < -0.3 is 4.90 Å². The van der Waals surface area contributed by atoms with Crippen molar-refractivity contribution in [2.75, 3.05) is 11.4 Å². The Morgan fingerprint density at radius 2 is 1.81 bits per heavy atom. The van der Waals surface area contributed by atoms with E-state index in [1.165, 1.54) is 104 Å². The number of rotatable bonds is 2. The van der Waals surface area contributed by atoms with Gasteiger partial charge in [0.05, 0.1) is 10.7 Å². The van der Waals surface area contributed by atoms with Crippen molar-refractivity contribution in [1.82, 2.24) is 0 Å². The number of nitrogens with zero attached hydrogens (tertiary/aromatic N) is 2. The molecular formula is C33H33N2S2+. The summed E-state index contributed by atoms with van der Waals surface area (Å²) in [6, 6.07) is 13.8. The van der Waals surface area contributed by atoms with Gasteiger partial charge in [-0.25, -0.2) is 0 Å². The van der Waals surface area contributed by atoms with E-state index in [1.54, 1.807) is 11.1 Å². The Bertz CT molecular complexity index is 1580. The molecule has 4 heterocycles. The summed E-state index contributed by atoms with van der Waals surface area (Å²) in [7, 11) is 0. The standard InChI is InChI=1S/C33H33N2S2/c1-21-26(20-31-35-17-5-9-25-7-3-11-29(37-31)33(25)35)15-14-23-13-12-22(18-27(21)23)19-30-34-16-4-8-24-6-2-10-28(36-30)32(24)34/h2-3,6-7,10-11,18-20,23H,4-5,8-9,12-17H2,1H3/q+1. The molecule has 37 heavy (non-hydrogen) atoms. The van der Waals surface area contributed by atoms with Gasteiger partial charge >= 0.3 is 0 Å². The molecule has 1 unspecified atom stereocenters. The monoisotopic (exact) mass is 521 g/mol. The molecule has 2 aromatic carbocycles. The molecule has 2 nitrogen and oxygen atoms in total. The Balaban J connectivity index is 1.16. The number of thiazole rings is 1. The van der Waals surface area contributed by atoms with Gasteiger partial charge in [-0.1, -0.05) is 53.4 Å². The second kappa shape index (κ2) is 8.74. The number of benzene rings is 2. The highest BCUT2D eigenvalue weighted by Gasteiger charge is 2.32. The first-order valence-electron chi connectivity index (χ1n) is 14.1. The van der Waals surface area contributed by atoms with E-state index < -0.39 is 0 Å². The van der Waals surface area contributed by atoms with Crippen LogP contribution in [-0.4, -0.2) is 6.54 Å². The van der Waals surface area contributed by atoms with Crippen LogP contribution in [0.5, 0.6) is 0 Å². The number of para-hydroxylation sites is 2. The first kappa shape index (κ1) is 22.4. The molecule has 0 radical (unpaired) electrons. The fraction of sp³-hybridized carbons (Fsp3) is 0.364. The number of hydrogen-bond donors (Lipinski definition) is 0. The number of allylic oxidation sites excluding steroid dienone is 6. The molecule has 0 N–H and O–H groups in total. The maximum atomic E-state index is 2.60. The summed E-state index contributed by atoms with van der Waals surface area (Å²) < 4.78 is 4.05. The molecule has 4 heteroatoms. The van der Waals surface area contributed by atoms with E-state index in [4.69, 9.17) is 0 Å². The molecule has 3 aromatic rings. The second-order valence-electron chi connectivity index (χ2n) is 11.3. The van der Waals surface area contributed by atoms with E-state index in [9.17, 15) is 0 Å². The largest absolute Gasteiger partial charge is 0.335 e. The number of aromatic nitrogens is 1. The van der Waals surface area contributed by atoms with Crippen LogP contribution >= 0.6 is 23.1 Å². The van der Waals surface area contributed by atoms with Crippen molar-refractivity contribution in [1.29, 1.82) is 0 Å². The molecule has 0 saturated heterocycles. The maximum absolute atomic E-state index is 2.60. The minimum absolute atomic E-state index is 0.731. The highest BCUT2D eigenvalue weighted by atomic mass is 32.2. The quantitative estimate of drug-likeness (QED) is 0.313. The van der Waals surface area contributed by atoms with E-state index in [0.717, 1.165) is 19.0 Å². The fourth-order valence-corrected chi connectivity index (χ4v) is 9.71. The summed E-state index contributed by atoms with van der Waals surface area (Å²) in [4.78, 5) is 4.04. The fourth-order valence-electron chi connectivity index (χ4n) is 7.29. The molecule has 3 aliphatic heterocycles. The lowest BCUT2D eigenvalue weighted by Crippen LogP contribution is -2.38. The van der Waals surface area contributed by atoms with E-state index in [0.29, 0.717) is 0 Å². The summed E-state index contributed by atoms with van der Waals surface area (Å²) in [6.45, 7) is 4.71. The first-order chi connectivity index (χ1) is 18.2. The minimum Gasteiger partial charge on any atom is -0.335 e. The third-order valence-electron chi connectivity index (χ3n) is 9.17. The summed E-state index contributed by atoms with van der Waals surface area (Å²) in [5.74, 6) is 0.731. The van der Waals surface area contributed by atoms with Crippen molar-refractivity contribution in [2.45, 2.75) is 69.7 Å². The molecule has 5 aliphatic rings. The number of thioether (sulfide) groups is 1. The van der Waals surface area contributed by atoms with Crippen molar-refractivity contribution >= 4 is 45.1 Å². The van der Waals surface area contributed by atoms with E-state index in [-0.39, 0.29) is 0 Å². The van der Waals surface area contributed by atoms with Crippen molar-refractivity contribution in [2.24, 2.45) is 5.92 Å². The van der Waals surface area contributed by atoms with Gasteiger partial charge in [0.25, 0.3) is 5.01 Å². The Hall–Kier alpha value is -2.56. The van der Waals surface area contributed by atoms with Crippen molar-refractivity contribution in [3.05, 3.63) is 92.0 Å². The molecule has 2 aliphatic carbocycles. The van der Waals surface area contributed by atoms with E-state index in [1.807, 2.05) is 23.1 Å². The third-order valence-corrected chi connectivity index (χ3v) is 11.4. The van der Waals surface area contributed by atoms with Crippen LogP contribution in [0.2, 0.25) is 0 Å². The van der Waals surface area contributed by atoms with Crippen LogP contribution in [-0.2, 0) is 19.4 Å². The van der Waals surface area contributed by atoms with Crippen LogP contribution in [0.3, 0.4) is 0 Å². The van der Waals surface area contributed by atoms with Crippen LogP contribution in [0.4, 0.5) is 5.69 Å². The van der Waals surface area contributed by atoms with E-state index >= 15 is 0 Å². The van der Waals surface area contributed by atoms with Crippen LogP contribution in [0, 0.1) is 5.92 Å². The van der Waals surface area contributed by atoms with Crippen LogP contribution in [0.1, 0.15) is 61.6 Å². The molecule has 0 spiro atoms. The Morgan fingerprint density at radius 1 is 0.946 bits per heavy atom. The Morgan fingerprint density at radius 3 is 2.78 bits per heavy atom. The highest BCUT2D eigenvalue weighted by molar-refractivity contribution is 8.03. The van der Waals surface area contributed by atoms with Gasteiger partial charge in [0.15, 0.2) is 6.54 Å². The molecule has 0 bridgehead atoms. The predicted octanol–water partition coefficient (Wildman–Crippen LogP) is 8.37. The van der Waals surface area contributed by atoms with Crippen LogP contribution < -0.4 is 9.47 Å². The van der Waals surface area contributed by atoms with Gasteiger partial charge in [0.1, 0.15) is 4.70 Å². The first-order valence-corrected chi connectivity index (χ1v) is 15.7. The SMILES string of the molecule is CC1=C2C=C(C=C3Sc4cccc5c4N3CCC5)CCC2CCC1=Cc1sc2cccc3c2[n+]1CCC3. The van der Waals surface area contributed by atoms with Gasteiger partial charge in [-0.3, -0.25) is 0 Å². The average molecular weight is 522 g/mol. The summed E-state index contributed by atoms with van der Waals surface area (Å²) in [5.41, 5.74) is 12.3. The molecule has 1 atom stereocenters. The zero-order chi connectivity index (χ0) is 24.5. The summed E-state index contributed by atoms with van der Waals surface area (Å²) in [5, 5.41) is 2.88. The second-order valence-corrected chi connectivity index (χ2v) is 13.4. The number of anilines is 1. The zero-order valence-corrected chi connectivity index (χ0v) is 23.2. The molecule has 0 saturated carbocycles. The van der Waals surface area contributed by atoms with Gasteiger partial charge in [-0.05, 0) is 104 Å². The van der Waals surface area contributed by atoms with Gasteiger partial charge in [-0.2, -0.15) is 4.57 Å². The Labute approximate surface area is 228 Å². The number of hydrogen-bond acceptors (Lipinski definition) is 3. The maximum Gasteiger partial charge on any atom is 0.263 e. The smallest absolute Gasteiger partial charge is 0.263 e. The lowest BCUT2D eigenvalue weighted by atomic mass is 9.74. The molecule has 1 aromatic heterocycles. The van der Waals surface area contributed by atoms with Crippen LogP contribution in [0.25, 0.3) is 16.3 Å². The lowest BCUT2D eigenvalue weighted by molar-refractivity contribution is -0.671. The molecule has 0 fully saturated rings. The predicted molar refractivity (Wildman–Crippen MR) is 157 cm³/mol.